The van der Waals surface area contributed by atoms with Crippen LogP contribution in [0.5, 0.6) is 0 Å². The second-order valence-corrected chi connectivity index (χ2v) is 2.43. The highest BCUT2D eigenvalue weighted by Gasteiger charge is 1.89. The van der Waals surface area contributed by atoms with Crippen molar-refractivity contribution in [3.05, 3.63) is 24.4 Å². The van der Waals surface area contributed by atoms with E-state index in [0.717, 1.165) is 6.42 Å². The molecule has 1 N–H and O–H groups in total. The Morgan fingerprint density at radius 3 is 2.70 bits per heavy atom. The molecular weight excluding hydrogens is 122 g/mol. The van der Waals surface area contributed by atoms with Gasteiger partial charge in [-0.1, -0.05) is 25.2 Å². The lowest BCUT2D eigenvalue weighted by Crippen LogP contribution is -1.94. The zero-order chi connectivity index (χ0) is 7.82. The van der Waals surface area contributed by atoms with E-state index in [9.17, 15) is 0 Å². The van der Waals surface area contributed by atoms with E-state index in [1.54, 1.807) is 0 Å². The van der Waals surface area contributed by atoms with E-state index >= 15 is 0 Å². The van der Waals surface area contributed by atoms with Gasteiger partial charge in [0.15, 0.2) is 0 Å². The summed E-state index contributed by atoms with van der Waals surface area (Å²) in [6, 6.07) is 0. The lowest BCUT2D eigenvalue weighted by atomic mass is 10.1. The van der Waals surface area contributed by atoms with Gasteiger partial charge in [-0.05, 0) is 25.5 Å². The number of hydrogen-bond acceptors (Lipinski definition) is 1. The summed E-state index contributed by atoms with van der Waals surface area (Å²) >= 11 is 0. The molecule has 0 saturated heterocycles. The largest absolute Gasteiger partial charge is 0.394 e. The van der Waals surface area contributed by atoms with Crippen LogP contribution in [-0.4, -0.2) is 7.05 Å². The van der Waals surface area contributed by atoms with Gasteiger partial charge in [0.25, 0.3) is 0 Å². The van der Waals surface area contributed by atoms with Crippen molar-refractivity contribution >= 4 is 0 Å². The van der Waals surface area contributed by atoms with Gasteiger partial charge in [0, 0.05) is 7.05 Å². The lowest BCUT2D eigenvalue weighted by Gasteiger charge is -1.99. The monoisotopic (exact) mass is 139 g/mol. The van der Waals surface area contributed by atoms with Crippen LogP contribution < -0.4 is 5.32 Å². The summed E-state index contributed by atoms with van der Waals surface area (Å²) in [6.07, 6.45) is 9.55. The Labute approximate surface area is 63.8 Å². The molecule has 0 aromatic rings. The van der Waals surface area contributed by atoms with Crippen LogP contribution in [-0.2, 0) is 0 Å². The van der Waals surface area contributed by atoms with E-state index < -0.39 is 0 Å². The first-order valence-electron chi connectivity index (χ1n) is 3.76. The van der Waals surface area contributed by atoms with Crippen molar-refractivity contribution in [3.8, 4) is 0 Å². The molecule has 0 aromatic carbocycles. The van der Waals surface area contributed by atoms with Gasteiger partial charge in [-0.25, -0.2) is 0 Å². The van der Waals surface area contributed by atoms with Crippen molar-refractivity contribution < 1.29 is 0 Å². The van der Waals surface area contributed by atoms with Gasteiger partial charge in [0.2, 0.25) is 0 Å². The fourth-order valence-corrected chi connectivity index (χ4v) is 0.690. The summed E-state index contributed by atoms with van der Waals surface area (Å²) in [6.45, 7) is 4.25. The standard InChI is InChI=1S/C9H17N/c1-4-5-6-9(2)7-8-10-3/h4-5,7-10H,6H2,1-3H3/b5-4+,8-7-. The zero-order valence-corrected chi connectivity index (χ0v) is 7.09. The third-order valence-corrected chi connectivity index (χ3v) is 1.33. The molecule has 0 heterocycles. The minimum Gasteiger partial charge on any atom is -0.394 e. The molecule has 1 heteroatoms. The average molecular weight is 139 g/mol. The molecule has 0 amide bonds. The molecule has 0 aliphatic carbocycles. The van der Waals surface area contributed by atoms with Crippen molar-refractivity contribution in [3.63, 3.8) is 0 Å². The average Bonchev–Trinajstić information content (AvgIpc) is 1.97. The van der Waals surface area contributed by atoms with Crippen LogP contribution in [0.3, 0.4) is 0 Å². The van der Waals surface area contributed by atoms with Crippen LogP contribution in [0.15, 0.2) is 24.4 Å². The smallest absolute Gasteiger partial charge is 0.00276 e. The first-order valence-corrected chi connectivity index (χ1v) is 3.76. The second kappa shape index (κ2) is 6.40. The summed E-state index contributed by atoms with van der Waals surface area (Å²) in [4.78, 5) is 0. The van der Waals surface area contributed by atoms with Gasteiger partial charge in [-0.2, -0.15) is 0 Å². The van der Waals surface area contributed by atoms with E-state index in [-0.39, 0.29) is 0 Å². The summed E-state index contributed by atoms with van der Waals surface area (Å²) in [5, 5.41) is 2.97. The first-order chi connectivity index (χ1) is 4.81. The maximum Gasteiger partial charge on any atom is 0.00276 e. The number of allylic oxidation sites excluding steroid dienone is 3. The van der Waals surface area contributed by atoms with Gasteiger partial charge in [0.05, 0.1) is 0 Å². The molecule has 0 bridgehead atoms. The topological polar surface area (TPSA) is 12.0 Å². The molecule has 0 saturated carbocycles. The minimum absolute atomic E-state index is 0.642. The summed E-state index contributed by atoms with van der Waals surface area (Å²) in [5.74, 6) is 0.642. The van der Waals surface area contributed by atoms with Crippen LogP contribution in [0.4, 0.5) is 0 Å². The maximum atomic E-state index is 2.97. The molecule has 0 fully saturated rings. The lowest BCUT2D eigenvalue weighted by molar-refractivity contribution is 0.738. The van der Waals surface area contributed by atoms with E-state index in [2.05, 4.69) is 37.4 Å². The molecule has 0 aliphatic heterocycles. The van der Waals surface area contributed by atoms with Crippen LogP contribution in [0.1, 0.15) is 20.3 Å². The van der Waals surface area contributed by atoms with E-state index in [1.165, 1.54) is 0 Å². The van der Waals surface area contributed by atoms with Crippen LogP contribution >= 0.6 is 0 Å². The highest BCUT2D eigenvalue weighted by Crippen LogP contribution is 2.03. The van der Waals surface area contributed by atoms with E-state index in [4.69, 9.17) is 0 Å². The second-order valence-electron chi connectivity index (χ2n) is 2.43. The summed E-state index contributed by atoms with van der Waals surface area (Å²) in [7, 11) is 1.92. The molecule has 0 rings (SSSR count). The molecule has 0 radical (unpaired) electrons. The predicted molar refractivity (Wildman–Crippen MR) is 46.8 cm³/mol. The molecule has 0 spiro atoms. The molecule has 1 unspecified atom stereocenters. The molecule has 0 aromatic heterocycles. The Balaban J connectivity index is 3.42. The minimum atomic E-state index is 0.642. The number of nitrogens with one attached hydrogen (secondary N) is 1. The normalized spacial score (nSPS) is 14.7. The fourth-order valence-electron chi connectivity index (χ4n) is 0.690. The molecular formula is C9H17N. The van der Waals surface area contributed by atoms with Crippen molar-refractivity contribution in [1.82, 2.24) is 5.32 Å². The Morgan fingerprint density at radius 2 is 2.20 bits per heavy atom. The van der Waals surface area contributed by atoms with Gasteiger partial charge in [-0.3, -0.25) is 0 Å². The molecule has 0 aliphatic rings. The summed E-state index contributed by atoms with van der Waals surface area (Å²) in [5.41, 5.74) is 0. The van der Waals surface area contributed by atoms with Gasteiger partial charge in [0.1, 0.15) is 0 Å². The Morgan fingerprint density at radius 1 is 1.50 bits per heavy atom. The van der Waals surface area contributed by atoms with Crippen LogP contribution in [0, 0.1) is 5.92 Å². The Hall–Kier alpha value is -0.720. The van der Waals surface area contributed by atoms with Crippen molar-refractivity contribution in [1.29, 1.82) is 0 Å². The van der Waals surface area contributed by atoms with Crippen molar-refractivity contribution in [2.75, 3.05) is 7.05 Å². The van der Waals surface area contributed by atoms with Crippen molar-refractivity contribution in [2.45, 2.75) is 20.3 Å². The number of hydrogen-bond donors (Lipinski definition) is 1. The van der Waals surface area contributed by atoms with Crippen LogP contribution in [0.2, 0.25) is 0 Å². The highest BCUT2D eigenvalue weighted by atomic mass is 14.8. The Kier molecular flexibility index (Phi) is 5.94. The molecule has 1 nitrogen and oxygen atoms in total. The third kappa shape index (κ3) is 5.42. The van der Waals surface area contributed by atoms with Gasteiger partial charge >= 0.3 is 0 Å². The molecule has 1 atom stereocenters. The molecule has 58 valence electrons. The third-order valence-electron chi connectivity index (χ3n) is 1.33. The highest BCUT2D eigenvalue weighted by molar-refractivity contribution is 4.89. The van der Waals surface area contributed by atoms with Crippen LogP contribution in [0.25, 0.3) is 0 Å². The number of rotatable bonds is 4. The maximum absolute atomic E-state index is 2.97. The zero-order valence-electron chi connectivity index (χ0n) is 7.09. The van der Waals surface area contributed by atoms with Crippen molar-refractivity contribution in [2.24, 2.45) is 5.92 Å². The quantitative estimate of drug-likeness (QED) is 0.589. The predicted octanol–water partition coefficient (Wildman–Crippen LogP) is 2.32. The fraction of sp³-hybridized carbons (Fsp3) is 0.556. The molecule has 10 heavy (non-hydrogen) atoms. The van der Waals surface area contributed by atoms with Gasteiger partial charge < -0.3 is 5.32 Å². The summed E-state index contributed by atoms with van der Waals surface area (Å²) < 4.78 is 0. The Bertz CT molecular complexity index is 114. The van der Waals surface area contributed by atoms with Gasteiger partial charge in [-0.15, -0.1) is 0 Å². The first kappa shape index (κ1) is 9.28. The SMILES string of the molecule is C/C=C/CC(C)/C=C\NC. The van der Waals surface area contributed by atoms with E-state index in [0.29, 0.717) is 5.92 Å². The van der Waals surface area contributed by atoms with E-state index in [1.807, 2.05) is 13.2 Å².